The quantitative estimate of drug-likeness (QED) is 0.379. The second kappa shape index (κ2) is 9.91. The number of allylic oxidation sites excluding steroid dienone is 2. The molecular formula is C30H27N9O2. The number of amides is 2. The van der Waals surface area contributed by atoms with Crippen LogP contribution in [0.3, 0.4) is 0 Å². The summed E-state index contributed by atoms with van der Waals surface area (Å²) in [6.07, 6.45) is 11.1. The number of aryl methyl sites for hydroxylation is 1. The number of nitrogen functional groups attached to an aromatic ring is 1. The van der Waals surface area contributed by atoms with Gasteiger partial charge >= 0.3 is 0 Å². The van der Waals surface area contributed by atoms with Crippen molar-refractivity contribution in [3.05, 3.63) is 95.6 Å². The third kappa shape index (κ3) is 4.55. The molecule has 0 radical (unpaired) electrons. The molecule has 1 aliphatic carbocycles. The molecule has 1 unspecified atom stereocenters. The van der Waals surface area contributed by atoms with Gasteiger partial charge in [0.15, 0.2) is 11.5 Å². The number of aromatic nitrogens is 5. The molecule has 2 aliphatic rings. The number of hydrogen-bond acceptors (Lipinski definition) is 7. The molecule has 0 fully saturated rings. The van der Waals surface area contributed by atoms with Crippen LogP contribution < -0.4 is 16.0 Å². The first-order valence-electron chi connectivity index (χ1n) is 13.1. The molecule has 3 N–H and O–H groups in total. The molecule has 0 spiro atoms. The van der Waals surface area contributed by atoms with E-state index >= 15 is 0 Å². The number of aliphatic imine (C=N–C) groups is 1. The van der Waals surface area contributed by atoms with E-state index in [1.54, 1.807) is 41.2 Å². The van der Waals surface area contributed by atoms with Crippen LogP contribution in [0.2, 0.25) is 0 Å². The largest absolute Gasteiger partial charge is 0.381 e. The first-order valence-corrected chi connectivity index (χ1v) is 13.1. The summed E-state index contributed by atoms with van der Waals surface area (Å²) in [7, 11) is 1.82. The van der Waals surface area contributed by atoms with Crippen LogP contribution in [0, 0.1) is 11.8 Å². The summed E-state index contributed by atoms with van der Waals surface area (Å²) in [5.41, 5.74) is 8.16. The molecule has 4 aromatic rings. The molecule has 1 aromatic carbocycles. The zero-order chi connectivity index (χ0) is 28.7. The smallest absolute Gasteiger partial charge is 0.263 e. The van der Waals surface area contributed by atoms with Crippen molar-refractivity contribution in [2.24, 2.45) is 12.0 Å². The van der Waals surface area contributed by atoms with E-state index in [0.29, 0.717) is 34.7 Å². The van der Waals surface area contributed by atoms with E-state index in [9.17, 15) is 9.59 Å². The highest BCUT2D eigenvalue weighted by atomic mass is 16.2. The Morgan fingerprint density at radius 1 is 1.20 bits per heavy atom. The van der Waals surface area contributed by atoms with E-state index in [0.717, 1.165) is 5.56 Å². The van der Waals surface area contributed by atoms with E-state index < -0.39 is 17.5 Å². The highest BCUT2D eigenvalue weighted by Gasteiger charge is 2.45. The summed E-state index contributed by atoms with van der Waals surface area (Å²) in [4.78, 5) is 38.8. The van der Waals surface area contributed by atoms with Crippen LogP contribution in [0.15, 0.2) is 89.5 Å². The van der Waals surface area contributed by atoms with Gasteiger partial charge in [-0.1, -0.05) is 36.1 Å². The van der Waals surface area contributed by atoms with E-state index in [1.807, 2.05) is 62.7 Å². The first-order chi connectivity index (χ1) is 19.7. The van der Waals surface area contributed by atoms with Gasteiger partial charge in [0.25, 0.3) is 11.8 Å². The second-order valence-corrected chi connectivity index (χ2v) is 10.1. The predicted molar refractivity (Wildman–Crippen MR) is 155 cm³/mol. The van der Waals surface area contributed by atoms with Crippen LogP contribution in [-0.2, 0) is 11.8 Å². The lowest BCUT2D eigenvalue weighted by Crippen LogP contribution is -2.56. The molecule has 0 saturated heterocycles. The van der Waals surface area contributed by atoms with E-state index in [-0.39, 0.29) is 17.3 Å². The van der Waals surface area contributed by atoms with Gasteiger partial charge in [0.05, 0.1) is 34.6 Å². The Kier molecular flexibility index (Phi) is 6.23. The Balaban J connectivity index is 1.42. The highest BCUT2D eigenvalue weighted by Crippen LogP contribution is 2.39. The Bertz CT molecular complexity index is 1850. The predicted octanol–water partition coefficient (Wildman–Crippen LogP) is 2.68. The Labute approximate surface area is 236 Å². The van der Waals surface area contributed by atoms with Crippen molar-refractivity contribution < 1.29 is 9.59 Å². The Morgan fingerprint density at radius 3 is 2.76 bits per heavy atom. The van der Waals surface area contributed by atoms with E-state index in [2.05, 4.69) is 32.3 Å². The Morgan fingerprint density at radius 2 is 2.00 bits per heavy atom. The van der Waals surface area contributed by atoms with Crippen molar-refractivity contribution in [3.63, 3.8) is 0 Å². The van der Waals surface area contributed by atoms with Gasteiger partial charge in [0, 0.05) is 31.2 Å². The highest BCUT2D eigenvalue weighted by molar-refractivity contribution is 6.27. The summed E-state index contributed by atoms with van der Waals surface area (Å²) in [5.74, 6) is 6.02. The molecular weight excluding hydrogens is 518 g/mol. The van der Waals surface area contributed by atoms with Crippen LogP contribution in [0.4, 0.5) is 11.5 Å². The standard InChI is InChI=1S/C30H27N9O2/c1-19(34-28(40)23-25(31)36-38-16-8-15-32-27(23)38)26-35-30(2)14-7-9-21(13-12-20-17-33-37(3)18-20)24(30)29(41)39(26)22-10-5-4-6-11-22/h4-11,15-19H,14H2,1-3H3,(H2,31,36)(H,34,40)/t19-,30?/m1/s1. The van der Waals surface area contributed by atoms with E-state index in [1.165, 1.54) is 4.52 Å². The van der Waals surface area contributed by atoms with Crippen LogP contribution in [0.5, 0.6) is 0 Å². The number of nitrogens with two attached hydrogens (primary N) is 1. The third-order valence-electron chi connectivity index (χ3n) is 7.06. The molecule has 0 bridgehead atoms. The average Bonchev–Trinajstić information content (AvgIpc) is 3.53. The summed E-state index contributed by atoms with van der Waals surface area (Å²) < 4.78 is 3.13. The molecule has 11 heteroatoms. The number of carbonyl (C=O) groups is 2. The number of benzene rings is 1. The van der Waals surface area contributed by atoms with Crippen molar-refractivity contribution in [1.29, 1.82) is 0 Å². The molecule has 6 rings (SSSR count). The van der Waals surface area contributed by atoms with Crippen molar-refractivity contribution in [2.75, 3.05) is 10.6 Å². The summed E-state index contributed by atoms with van der Waals surface area (Å²) in [6.45, 7) is 3.70. The van der Waals surface area contributed by atoms with E-state index in [4.69, 9.17) is 10.7 Å². The first kappa shape index (κ1) is 25.8. The molecule has 0 saturated carbocycles. The molecule has 3 aromatic heterocycles. The lowest BCUT2D eigenvalue weighted by atomic mass is 9.79. The zero-order valence-corrected chi connectivity index (χ0v) is 22.7. The lowest BCUT2D eigenvalue weighted by Gasteiger charge is -2.41. The van der Waals surface area contributed by atoms with Crippen LogP contribution in [-0.4, -0.2) is 53.6 Å². The molecule has 11 nitrogen and oxygen atoms in total. The van der Waals surface area contributed by atoms with Gasteiger partial charge in [-0.15, -0.1) is 5.10 Å². The third-order valence-corrected chi connectivity index (χ3v) is 7.06. The minimum absolute atomic E-state index is 0.0569. The number of rotatable bonds is 4. The maximum Gasteiger partial charge on any atom is 0.263 e. The van der Waals surface area contributed by atoms with Gasteiger partial charge in [0.1, 0.15) is 11.4 Å². The molecule has 2 atom stereocenters. The van der Waals surface area contributed by atoms with Gasteiger partial charge < -0.3 is 11.1 Å². The minimum Gasteiger partial charge on any atom is -0.381 e. The normalized spacial score (nSPS) is 19.0. The lowest BCUT2D eigenvalue weighted by molar-refractivity contribution is -0.115. The minimum atomic E-state index is -0.880. The fourth-order valence-corrected chi connectivity index (χ4v) is 5.15. The number of nitrogens with zero attached hydrogens (tertiary/aromatic N) is 7. The number of anilines is 2. The zero-order valence-electron chi connectivity index (χ0n) is 22.7. The van der Waals surface area contributed by atoms with Gasteiger partial charge in [0.2, 0.25) is 0 Å². The maximum atomic E-state index is 14.4. The number of nitrogens with one attached hydrogen (secondary N) is 1. The summed E-state index contributed by atoms with van der Waals surface area (Å²) >= 11 is 0. The molecule has 1 aliphatic heterocycles. The average molecular weight is 546 g/mol. The van der Waals surface area contributed by atoms with Gasteiger partial charge in [-0.3, -0.25) is 24.2 Å². The number of amidine groups is 1. The summed E-state index contributed by atoms with van der Waals surface area (Å²) in [6, 6.07) is 10.3. The maximum absolute atomic E-state index is 14.4. The monoisotopic (exact) mass is 545 g/mol. The van der Waals surface area contributed by atoms with Gasteiger partial charge in [-0.2, -0.15) is 5.10 Å². The number of para-hydroxylation sites is 1. The fourth-order valence-electron chi connectivity index (χ4n) is 5.15. The topological polar surface area (TPSA) is 136 Å². The van der Waals surface area contributed by atoms with Crippen molar-refractivity contribution in [1.82, 2.24) is 29.7 Å². The number of carbonyl (C=O) groups excluding carboxylic acids is 2. The van der Waals surface area contributed by atoms with Crippen LogP contribution in [0.25, 0.3) is 5.65 Å². The van der Waals surface area contributed by atoms with Crippen molar-refractivity contribution >= 4 is 34.8 Å². The van der Waals surface area contributed by atoms with Gasteiger partial charge in [-0.05, 0) is 44.5 Å². The SMILES string of the molecule is C[C@@H](NC(=O)c1c(N)nn2cccnc12)C1=NC2(C)CC=CC(C#Cc3cnn(C)c3)=C2C(=O)N1c1ccccc1. The second-order valence-electron chi connectivity index (χ2n) is 10.1. The van der Waals surface area contributed by atoms with Crippen molar-refractivity contribution in [2.45, 2.75) is 31.8 Å². The van der Waals surface area contributed by atoms with Crippen LogP contribution in [0.1, 0.15) is 36.2 Å². The number of fused-ring (bicyclic) bond motifs is 2. The number of hydrogen-bond donors (Lipinski definition) is 2. The molecule has 204 valence electrons. The van der Waals surface area contributed by atoms with Gasteiger partial charge in [-0.25, -0.2) is 9.50 Å². The van der Waals surface area contributed by atoms with Crippen molar-refractivity contribution in [3.8, 4) is 11.8 Å². The molecule has 2 amide bonds. The van der Waals surface area contributed by atoms with Crippen LogP contribution >= 0.6 is 0 Å². The Hall–Kier alpha value is -5.50. The molecule has 4 heterocycles. The summed E-state index contributed by atoms with van der Waals surface area (Å²) in [5, 5.41) is 11.3. The molecule has 41 heavy (non-hydrogen) atoms. The fraction of sp³-hybridized carbons (Fsp3) is 0.200.